The van der Waals surface area contributed by atoms with E-state index in [9.17, 15) is 0 Å². The van der Waals surface area contributed by atoms with Crippen LogP contribution in [0.2, 0.25) is 0 Å². The smallest absolute Gasteiger partial charge is 0.135 e. The third-order valence-electron chi connectivity index (χ3n) is 8.68. The number of hydrogen-bond acceptors (Lipinski definition) is 2. The van der Waals surface area contributed by atoms with Crippen molar-refractivity contribution in [3.63, 3.8) is 0 Å². The first kappa shape index (κ1) is 23.8. The number of fused-ring (bicyclic) bond motifs is 6. The van der Waals surface area contributed by atoms with Crippen molar-refractivity contribution < 1.29 is 4.42 Å². The van der Waals surface area contributed by atoms with E-state index >= 15 is 0 Å². The summed E-state index contributed by atoms with van der Waals surface area (Å²) < 4.78 is 6.05. The molecule has 8 rings (SSSR count). The van der Waals surface area contributed by atoms with E-state index in [1.807, 2.05) is 12.1 Å². The topological polar surface area (TPSA) is 16.4 Å². The lowest BCUT2D eigenvalue weighted by atomic mass is 9.82. The molecule has 0 aliphatic heterocycles. The molecule has 0 radical (unpaired) electrons. The second-order valence-electron chi connectivity index (χ2n) is 11.4. The summed E-state index contributed by atoms with van der Waals surface area (Å²) in [4.78, 5) is 2.36. The van der Waals surface area contributed by atoms with Crippen molar-refractivity contribution in [2.45, 2.75) is 19.3 Å². The Bertz CT molecular complexity index is 2070. The van der Waals surface area contributed by atoms with E-state index in [1.165, 1.54) is 33.4 Å². The fourth-order valence-electron chi connectivity index (χ4n) is 6.56. The Morgan fingerprint density at radius 3 is 1.95 bits per heavy atom. The van der Waals surface area contributed by atoms with Crippen LogP contribution < -0.4 is 4.90 Å². The molecule has 196 valence electrons. The molecule has 0 unspecified atom stereocenters. The van der Waals surface area contributed by atoms with Gasteiger partial charge in [0, 0.05) is 33.2 Å². The van der Waals surface area contributed by atoms with Gasteiger partial charge in [-0.05, 0) is 88.0 Å². The Morgan fingerprint density at radius 1 is 0.463 bits per heavy atom. The first-order valence-electron chi connectivity index (χ1n) is 14.2. The lowest BCUT2D eigenvalue weighted by Gasteiger charge is -2.28. The van der Waals surface area contributed by atoms with Crippen LogP contribution in [0.4, 0.5) is 17.1 Å². The van der Waals surface area contributed by atoms with Gasteiger partial charge in [-0.3, -0.25) is 0 Å². The number of furan rings is 1. The second kappa shape index (κ2) is 8.97. The predicted octanol–water partition coefficient (Wildman–Crippen LogP) is 11.0. The minimum absolute atomic E-state index is 0.0515. The monoisotopic (exact) mass is 527 g/mol. The number of nitrogens with zero attached hydrogens (tertiary/aromatic N) is 1. The SMILES string of the molecule is CC1(C)c2ccccc2-c2ccc(N(c3ccccc3)c3ccc(-c4ccc5oc6ccccc6c5c4)cc3)cc21. The standard InChI is InChI=1S/C39H29NO/c1-39(2)35-14-8-6-12-31(35)32-22-21-30(25-36(32)39)40(28-10-4-3-5-11-28)29-19-16-26(17-20-29)27-18-23-38-34(24-27)33-13-7-9-15-37(33)41-38/h3-25H,1-2H3. The van der Waals surface area contributed by atoms with Crippen molar-refractivity contribution in [3.8, 4) is 22.3 Å². The molecule has 7 aromatic rings. The minimum Gasteiger partial charge on any atom is -0.456 e. The lowest BCUT2D eigenvalue weighted by molar-refractivity contribution is 0.660. The molecule has 2 heteroatoms. The Hall–Kier alpha value is -5.08. The van der Waals surface area contributed by atoms with E-state index in [0.29, 0.717) is 0 Å². The van der Waals surface area contributed by atoms with Crippen LogP contribution in [-0.4, -0.2) is 0 Å². The van der Waals surface area contributed by atoms with Crippen LogP contribution in [0.25, 0.3) is 44.2 Å². The third kappa shape index (κ3) is 3.72. The summed E-state index contributed by atoms with van der Waals surface area (Å²) in [6.45, 7) is 4.67. The molecule has 0 saturated carbocycles. The number of anilines is 3. The van der Waals surface area contributed by atoms with E-state index in [-0.39, 0.29) is 5.41 Å². The first-order valence-corrected chi connectivity index (χ1v) is 14.2. The second-order valence-corrected chi connectivity index (χ2v) is 11.4. The highest BCUT2D eigenvalue weighted by molar-refractivity contribution is 6.06. The van der Waals surface area contributed by atoms with Gasteiger partial charge in [0.25, 0.3) is 0 Å². The van der Waals surface area contributed by atoms with Crippen LogP contribution in [-0.2, 0) is 5.41 Å². The summed E-state index contributed by atoms with van der Waals surface area (Å²) >= 11 is 0. The fraction of sp³-hybridized carbons (Fsp3) is 0.0769. The molecule has 2 nitrogen and oxygen atoms in total. The molecule has 6 aromatic carbocycles. The molecule has 0 fully saturated rings. The van der Waals surface area contributed by atoms with Gasteiger partial charge in [-0.25, -0.2) is 0 Å². The molecule has 0 N–H and O–H groups in total. The van der Waals surface area contributed by atoms with E-state index < -0.39 is 0 Å². The zero-order chi connectivity index (χ0) is 27.6. The van der Waals surface area contributed by atoms with Crippen LogP contribution in [0, 0.1) is 0 Å². The van der Waals surface area contributed by atoms with Crippen LogP contribution in [0.1, 0.15) is 25.0 Å². The van der Waals surface area contributed by atoms with E-state index in [0.717, 1.165) is 39.0 Å². The molecule has 41 heavy (non-hydrogen) atoms. The highest BCUT2D eigenvalue weighted by atomic mass is 16.3. The van der Waals surface area contributed by atoms with Gasteiger partial charge in [-0.1, -0.05) is 98.8 Å². The van der Waals surface area contributed by atoms with Crippen LogP contribution in [0.15, 0.2) is 144 Å². The molecule has 0 saturated heterocycles. The van der Waals surface area contributed by atoms with Gasteiger partial charge in [0.15, 0.2) is 0 Å². The predicted molar refractivity (Wildman–Crippen MR) is 171 cm³/mol. The number of hydrogen-bond donors (Lipinski definition) is 0. The van der Waals surface area contributed by atoms with Crippen molar-refractivity contribution in [1.29, 1.82) is 0 Å². The minimum atomic E-state index is -0.0515. The summed E-state index contributed by atoms with van der Waals surface area (Å²) in [5.41, 5.74) is 13.0. The molecule has 1 aliphatic rings. The van der Waals surface area contributed by atoms with Crippen molar-refractivity contribution in [2.24, 2.45) is 0 Å². The summed E-state index contributed by atoms with van der Waals surface area (Å²) in [6.07, 6.45) is 0. The molecule has 1 heterocycles. The van der Waals surface area contributed by atoms with Gasteiger partial charge in [-0.2, -0.15) is 0 Å². The summed E-state index contributed by atoms with van der Waals surface area (Å²) in [7, 11) is 0. The van der Waals surface area contributed by atoms with Crippen LogP contribution >= 0.6 is 0 Å². The number of para-hydroxylation sites is 2. The average molecular weight is 528 g/mol. The molecule has 0 atom stereocenters. The number of benzene rings is 6. The maximum atomic E-state index is 6.05. The van der Waals surface area contributed by atoms with Gasteiger partial charge in [0.2, 0.25) is 0 Å². The normalized spacial score (nSPS) is 13.3. The van der Waals surface area contributed by atoms with E-state index in [1.54, 1.807) is 0 Å². The van der Waals surface area contributed by atoms with Gasteiger partial charge in [0.05, 0.1) is 0 Å². The summed E-state index contributed by atoms with van der Waals surface area (Å²) in [6, 6.07) is 50.0. The van der Waals surface area contributed by atoms with Gasteiger partial charge >= 0.3 is 0 Å². The van der Waals surface area contributed by atoms with Crippen LogP contribution in [0.3, 0.4) is 0 Å². The van der Waals surface area contributed by atoms with E-state index in [2.05, 4.69) is 146 Å². The fourth-order valence-corrected chi connectivity index (χ4v) is 6.56. The van der Waals surface area contributed by atoms with Crippen molar-refractivity contribution in [3.05, 3.63) is 151 Å². The largest absolute Gasteiger partial charge is 0.456 e. The van der Waals surface area contributed by atoms with Crippen molar-refractivity contribution in [1.82, 2.24) is 0 Å². The van der Waals surface area contributed by atoms with Gasteiger partial charge < -0.3 is 9.32 Å². The zero-order valence-corrected chi connectivity index (χ0v) is 23.1. The quantitative estimate of drug-likeness (QED) is 0.226. The molecule has 1 aliphatic carbocycles. The molecular formula is C39H29NO. The van der Waals surface area contributed by atoms with Crippen molar-refractivity contribution >= 4 is 39.0 Å². The first-order chi connectivity index (χ1) is 20.1. The van der Waals surface area contributed by atoms with Gasteiger partial charge in [0.1, 0.15) is 11.2 Å². The highest BCUT2D eigenvalue weighted by Gasteiger charge is 2.35. The maximum Gasteiger partial charge on any atom is 0.135 e. The highest BCUT2D eigenvalue weighted by Crippen LogP contribution is 2.50. The zero-order valence-electron chi connectivity index (χ0n) is 23.1. The third-order valence-corrected chi connectivity index (χ3v) is 8.68. The average Bonchev–Trinajstić information content (AvgIpc) is 3.50. The van der Waals surface area contributed by atoms with E-state index in [4.69, 9.17) is 4.42 Å². The Morgan fingerprint density at radius 2 is 1.10 bits per heavy atom. The summed E-state index contributed by atoms with van der Waals surface area (Å²) in [5.74, 6) is 0. The van der Waals surface area contributed by atoms with Gasteiger partial charge in [-0.15, -0.1) is 0 Å². The Kier molecular flexibility index (Phi) is 5.20. The molecule has 0 amide bonds. The maximum absolute atomic E-state index is 6.05. The molecular weight excluding hydrogens is 498 g/mol. The molecule has 0 bridgehead atoms. The lowest BCUT2D eigenvalue weighted by Crippen LogP contribution is -2.16. The molecule has 0 spiro atoms. The molecule has 1 aromatic heterocycles. The Labute approximate surface area is 240 Å². The van der Waals surface area contributed by atoms with Crippen LogP contribution in [0.5, 0.6) is 0 Å². The van der Waals surface area contributed by atoms with Crippen molar-refractivity contribution in [2.75, 3.05) is 4.90 Å². The summed E-state index contributed by atoms with van der Waals surface area (Å²) in [5, 5.41) is 2.30. The Balaban J connectivity index is 1.21. The number of rotatable bonds is 4.